The van der Waals surface area contributed by atoms with Crippen molar-refractivity contribution in [2.75, 3.05) is 19.6 Å². The molecule has 0 atom stereocenters. The van der Waals surface area contributed by atoms with Crippen LogP contribution in [0.1, 0.15) is 6.42 Å². The molecular formula is C6H11F2N3O. The van der Waals surface area contributed by atoms with Gasteiger partial charge in [0.2, 0.25) is 0 Å². The first kappa shape index (κ1) is 9.18. The van der Waals surface area contributed by atoms with E-state index in [9.17, 15) is 8.78 Å². The van der Waals surface area contributed by atoms with Crippen molar-refractivity contribution in [2.45, 2.75) is 12.3 Å². The molecule has 12 heavy (non-hydrogen) atoms. The molecule has 0 spiro atoms. The molecule has 1 fully saturated rings. The summed E-state index contributed by atoms with van der Waals surface area (Å²) in [6.07, 6.45) is -0.147. The maximum Gasteiger partial charge on any atom is 0.261 e. The zero-order chi connectivity index (χ0) is 9.19. The molecule has 0 aromatic heterocycles. The molecule has 70 valence electrons. The number of oxime groups is 1. The first-order chi connectivity index (χ1) is 5.53. The van der Waals surface area contributed by atoms with Crippen molar-refractivity contribution in [3.05, 3.63) is 0 Å². The summed E-state index contributed by atoms with van der Waals surface area (Å²) in [5.74, 6) is -2.65. The first-order valence-electron chi connectivity index (χ1n) is 3.60. The maximum absolute atomic E-state index is 12.6. The summed E-state index contributed by atoms with van der Waals surface area (Å²) >= 11 is 0. The fraction of sp³-hybridized carbons (Fsp3) is 0.833. The highest BCUT2D eigenvalue weighted by molar-refractivity contribution is 5.81. The van der Waals surface area contributed by atoms with Crippen LogP contribution in [0.2, 0.25) is 0 Å². The molecule has 1 saturated heterocycles. The molecule has 0 saturated carbocycles. The Morgan fingerprint density at radius 2 is 2.33 bits per heavy atom. The zero-order valence-corrected chi connectivity index (χ0v) is 6.50. The van der Waals surface area contributed by atoms with Crippen LogP contribution >= 0.6 is 0 Å². The third kappa shape index (κ3) is 2.30. The number of nitrogens with two attached hydrogens (primary N) is 1. The number of rotatable bonds is 2. The van der Waals surface area contributed by atoms with Crippen LogP contribution in [0.3, 0.4) is 0 Å². The molecule has 0 aromatic rings. The summed E-state index contributed by atoms with van der Waals surface area (Å²) in [5.41, 5.74) is 5.15. The molecule has 1 aliphatic heterocycles. The summed E-state index contributed by atoms with van der Waals surface area (Å²) < 4.78 is 25.1. The average Bonchev–Trinajstić information content (AvgIpc) is 2.30. The van der Waals surface area contributed by atoms with Gasteiger partial charge in [-0.25, -0.2) is 8.78 Å². The maximum atomic E-state index is 12.6. The Morgan fingerprint density at radius 1 is 1.67 bits per heavy atom. The predicted molar refractivity (Wildman–Crippen MR) is 39.4 cm³/mol. The Hall–Kier alpha value is -0.910. The Labute approximate surface area is 68.6 Å². The summed E-state index contributed by atoms with van der Waals surface area (Å²) in [4.78, 5) is 1.45. The Kier molecular flexibility index (Phi) is 2.46. The van der Waals surface area contributed by atoms with Gasteiger partial charge in [-0.15, -0.1) is 0 Å². The van der Waals surface area contributed by atoms with E-state index in [1.165, 1.54) is 4.90 Å². The number of hydrogen-bond donors (Lipinski definition) is 2. The molecule has 0 bridgehead atoms. The van der Waals surface area contributed by atoms with Crippen LogP contribution in [0.25, 0.3) is 0 Å². The molecule has 4 nitrogen and oxygen atoms in total. The number of likely N-dealkylation sites (tertiary alicyclic amines) is 1. The van der Waals surface area contributed by atoms with E-state index < -0.39 is 5.92 Å². The standard InChI is InChI=1S/C6H11F2N3O/c7-6(8)1-2-11(4-6)3-5(9)10-12/h12H,1-4H2,(H2,9,10). The van der Waals surface area contributed by atoms with Crippen LogP contribution in [0.4, 0.5) is 8.78 Å². The molecule has 0 radical (unpaired) electrons. The first-order valence-corrected chi connectivity index (χ1v) is 3.60. The van der Waals surface area contributed by atoms with Gasteiger partial charge in [-0.2, -0.15) is 0 Å². The minimum Gasteiger partial charge on any atom is -0.409 e. The van der Waals surface area contributed by atoms with Crippen molar-refractivity contribution in [3.8, 4) is 0 Å². The van der Waals surface area contributed by atoms with E-state index in [0.29, 0.717) is 6.54 Å². The van der Waals surface area contributed by atoms with E-state index >= 15 is 0 Å². The lowest BCUT2D eigenvalue weighted by molar-refractivity contribution is 0.0136. The van der Waals surface area contributed by atoms with Crippen LogP contribution < -0.4 is 5.73 Å². The SMILES string of the molecule is N/C(CN1CCC(F)(F)C1)=N/O. The van der Waals surface area contributed by atoms with Crippen molar-refractivity contribution >= 4 is 5.84 Å². The quantitative estimate of drug-likeness (QED) is 0.273. The van der Waals surface area contributed by atoms with Crippen molar-refractivity contribution in [2.24, 2.45) is 10.9 Å². The largest absolute Gasteiger partial charge is 0.409 e. The van der Waals surface area contributed by atoms with E-state index in [2.05, 4.69) is 5.16 Å². The summed E-state index contributed by atoms with van der Waals surface area (Å²) in [5, 5.41) is 10.9. The van der Waals surface area contributed by atoms with Gasteiger partial charge < -0.3 is 10.9 Å². The van der Waals surface area contributed by atoms with Gasteiger partial charge in [-0.3, -0.25) is 4.90 Å². The second-order valence-electron chi connectivity index (χ2n) is 2.91. The molecule has 1 heterocycles. The predicted octanol–water partition coefficient (Wildman–Crippen LogP) is 0.0738. The summed E-state index contributed by atoms with van der Waals surface area (Å²) in [7, 11) is 0. The highest BCUT2D eigenvalue weighted by atomic mass is 19.3. The van der Waals surface area contributed by atoms with Gasteiger partial charge in [0.05, 0.1) is 13.1 Å². The third-order valence-electron chi connectivity index (χ3n) is 1.76. The van der Waals surface area contributed by atoms with Gasteiger partial charge in [0, 0.05) is 13.0 Å². The van der Waals surface area contributed by atoms with E-state index in [0.717, 1.165) is 0 Å². The highest BCUT2D eigenvalue weighted by Gasteiger charge is 2.38. The van der Waals surface area contributed by atoms with E-state index in [1.807, 2.05) is 0 Å². The lowest BCUT2D eigenvalue weighted by Gasteiger charge is -2.13. The van der Waals surface area contributed by atoms with Gasteiger partial charge >= 0.3 is 0 Å². The van der Waals surface area contributed by atoms with Crippen molar-refractivity contribution in [1.82, 2.24) is 4.90 Å². The molecule has 0 unspecified atom stereocenters. The van der Waals surface area contributed by atoms with E-state index in [-0.39, 0.29) is 25.3 Å². The second kappa shape index (κ2) is 3.22. The van der Waals surface area contributed by atoms with Crippen LogP contribution in [0.15, 0.2) is 5.16 Å². The van der Waals surface area contributed by atoms with Crippen LogP contribution in [-0.4, -0.2) is 41.5 Å². The fourth-order valence-electron chi connectivity index (χ4n) is 1.20. The number of halogens is 2. The molecule has 0 aromatic carbocycles. The highest BCUT2D eigenvalue weighted by Crippen LogP contribution is 2.26. The van der Waals surface area contributed by atoms with Crippen LogP contribution in [-0.2, 0) is 0 Å². The van der Waals surface area contributed by atoms with Gasteiger partial charge in [0.25, 0.3) is 5.92 Å². The van der Waals surface area contributed by atoms with Crippen molar-refractivity contribution < 1.29 is 14.0 Å². The minimum atomic E-state index is -2.62. The number of alkyl halides is 2. The van der Waals surface area contributed by atoms with Crippen LogP contribution in [0.5, 0.6) is 0 Å². The molecule has 0 amide bonds. The third-order valence-corrected chi connectivity index (χ3v) is 1.76. The summed E-state index contributed by atoms with van der Waals surface area (Å²) in [6.45, 7) is 0.0958. The monoisotopic (exact) mass is 179 g/mol. The Morgan fingerprint density at radius 3 is 2.75 bits per heavy atom. The minimum absolute atomic E-state index is 0.0345. The number of nitrogens with zero attached hydrogens (tertiary/aromatic N) is 2. The molecule has 1 rings (SSSR count). The Bertz CT molecular complexity index is 195. The molecule has 0 aliphatic carbocycles. The van der Waals surface area contributed by atoms with Gasteiger partial charge in [-0.05, 0) is 0 Å². The van der Waals surface area contributed by atoms with Gasteiger partial charge in [-0.1, -0.05) is 5.16 Å². The van der Waals surface area contributed by atoms with E-state index in [4.69, 9.17) is 10.9 Å². The lowest BCUT2D eigenvalue weighted by Crippen LogP contribution is -2.34. The smallest absolute Gasteiger partial charge is 0.261 e. The van der Waals surface area contributed by atoms with Crippen molar-refractivity contribution in [1.29, 1.82) is 0 Å². The van der Waals surface area contributed by atoms with Crippen LogP contribution in [0, 0.1) is 0 Å². The normalized spacial score (nSPS) is 24.7. The topological polar surface area (TPSA) is 61.8 Å². The Balaban J connectivity index is 2.38. The molecular weight excluding hydrogens is 168 g/mol. The van der Waals surface area contributed by atoms with Gasteiger partial charge in [0.1, 0.15) is 0 Å². The van der Waals surface area contributed by atoms with E-state index in [1.54, 1.807) is 0 Å². The molecule has 3 N–H and O–H groups in total. The number of amidine groups is 1. The van der Waals surface area contributed by atoms with Crippen molar-refractivity contribution in [3.63, 3.8) is 0 Å². The lowest BCUT2D eigenvalue weighted by atomic mass is 10.3. The molecule has 6 heteroatoms. The fourth-order valence-corrected chi connectivity index (χ4v) is 1.20. The zero-order valence-electron chi connectivity index (χ0n) is 6.50. The molecule has 1 aliphatic rings. The second-order valence-corrected chi connectivity index (χ2v) is 2.91. The van der Waals surface area contributed by atoms with Gasteiger partial charge in [0.15, 0.2) is 5.84 Å². The summed E-state index contributed by atoms with van der Waals surface area (Å²) in [6, 6.07) is 0. The average molecular weight is 179 g/mol. The number of hydrogen-bond acceptors (Lipinski definition) is 3.